The Morgan fingerprint density at radius 1 is 1.09 bits per heavy atom. The Hall–Kier alpha value is -1.62. The Bertz CT molecular complexity index is 1010. The molecule has 0 saturated carbocycles. The summed E-state index contributed by atoms with van der Waals surface area (Å²) in [5, 5.41) is 10.1. The minimum atomic E-state index is -3.90. The summed E-state index contributed by atoms with van der Waals surface area (Å²) >= 11 is 5.89. The van der Waals surface area contributed by atoms with Crippen LogP contribution in [0.3, 0.4) is 0 Å². The molecule has 0 bridgehead atoms. The number of halogens is 3. The Kier molecular flexibility index (Phi) is 10.2. The second kappa shape index (κ2) is 12.2. The first-order valence-corrected chi connectivity index (χ1v) is 12.3. The molecule has 33 heavy (non-hydrogen) atoms. The second-order valence-electron chi connectivity index (χ2n) is 8.24. The largest absolute Gasteiger partial charge is 0.395 e. The van der Waals surface area contributed by atoms with Crippen molar-refractivity contribution < 1.29 is 27.0 Å². The zero-order valence-electron chi connectivity index (χ0n) is 19.2. The lowest BCUT2D eigenvalue weighted by Gasteiger charge is -2.33. The molecule has 0 aromatic heterocycles. The van der Waals surface area contributed by atoms with E-state index >= 15 is 0 Å². The number of nitrogens with zero attached hydrogens (tertiary/aromatic N) is 2. The van der Waals surface area contributed by atoms with E-state index in [-0.39, 0.29) is 36.1 Å². The fourth-order valence-electron chi connectivity index (χ4n) is 3.56. The molecule has 0 saturated heterocycles. The van der Waals surface area contributed by atoms with Crippen molar-refractivity contribution >= 4 is 21.6 Å². The number of hydrogen-bond donors (Lipinski definition) is 1. The van der Waals surface area contributed by atoms with E-state index in [4.69, 9.17) is 16.3 Å². The van der Waals surface area contributed by atoms with Crippen molar-refractivity contribution in [1.29, 1.82) is 0 Å². The molecule has 0 amide bonds. The van der Waals surface area contributed by atoms with Gasteiger partial charge >= 0.3 is 0 Å². The number of methoxy groups -OCH3 is 1. The van der Waals surface area contributed by atoms with Crippen LogP contribution < -0.4 is 0 Å². The summed E-state index contributed by atoms with van der Waals surface area (Å²) < 4.78 is 60.9. The van der Waals surface area contributed by atoms with Crippen molar-refractivity contribution in [2.75, 3.05) is 33.9 Å². The maximum Gasteiger partial charge on any atom is 0.243 e. The molecule has 10 heteroatoms. The number of hydrogen-bond acceptors (Lipinski definition) is 5. The predicted molar refractivity (Wildman–Crippen MR) is 125 cm³/mol. The van der Waals surface area contributed by atoms with Gasteiger partial charge in [-0.3, -0.25) is 4.90 Å². The minimum Gasteiger partial charge on any atom is -0.395 e. The van der Waals surface area contributed by atoms with Gasteiger partial charge in [0.1, 0.15) is 11.6 Å². The third-order valence-electron chi connectivity index (χ3n) is 5.52. The van der Waals surface area contributed by atoms with Crippen LogP contribution in [0.25, 0.3) is 0 Å². The smallest absolute Gasteiger partial charge is 0.243 e. The third-order valence-corrected chi connectivity index (χ3v) is 7.77. The molecule has 0 heterocycles. The van der Waals surface area contributed by atoms with E-state index in [0.29, 0.717) is 11.6 Å². The molecule has 0 aliphatic carbocycles. The zero-order chi connectivity index (χ0) is 24.8. The van der Waals surface area contributed by atoms with E-state index in [1.807, 2.05) is 6.92 Å². The molecule has 0 fully saturated rings. The molecule has 2 aromatic rings. The normalized spacial score (nSPS) is 15.1. The van der Waals surface area contributed by atoms with Crippen molar-refractivity contribution in [2.24, 2.45) is 5.92 Å². The first-order chi connectivity index (χ1) is 15.5. The highest BCUT2D eigenvalue weighted by atomic mass is 35.5. The van der Waals surface area contributed by atoms with Crippen molar-refractivity contribution in [2.45, 2.75) is 37.4 Å². The van der Waals surface area contributed by atoms with Crippen LogP contribution in [-0.4, -0.2) is 68.7 Å². The average molecular weight is 505 g/mol. The van der Waals surface area contributed by atoms with Crippen LogP contribution in [0.4, 0.5) is 8.78 Å². The highest BCUT2D eigenvalue weighted by Crippen LogP contribution is 2.23. The highest BCUT2D eigenvalue weighted by Gasteiger charge is 2.32. The molecular weight excluding hydrogens is 474 g/mol. The molecule has 1 N–H and O–H groups in total. The summed E-state index contributed by atoms with van der Waals surface area (Å²) in [4.78, 5) is 1.86. The number of aliphatic hydroxyl groups excluding tert-OH is 1. The summed E-state index contributed by atoms with van der Waals surface area (Å²) in [6, 6.07) is 8.49. The zero-order valence-corrected chi connectivity index (χ0v) is 20.8. The molecule has 0 radical (unpaired) electrons. The number of benzene rings is 2. The summed E-state index contributed by atoms with van der Waals surface area (Å²) in [5.41, 5.74) is 0.223. The van der Waals surface area contributed by atoms with E-state index in [0.717, 1.165) is 18.2 Å². The van der Waals surface area contributed by atoms with Gasteiger partial charge in [-0.2, -0.15) is 4.31 Å². The number of aliphatic hydroxyl groups is 1. The van der Waals surface area contributed by atoms with E-state index < -0.39 is 33.8 Å². The SMILES string of the molecule is CO[C@H](CN(C)Cc1cc(F)ccc1F)[C@H](C)CN([C@H](C)CO)S(=O)(=O)c1ccc(Cl)cc1. The Labute approximate surface area is 199 Å². The molecule has 0 aliphatic rings. The maximum absolute atomic E-state index is 14.0. The van der Waals surface area contributed by atoms with Gasteiger partial charge in [0.2, 0.25) is 10.0 Å². The molecule has 184 valence electrons. The van der Waals surface area contributed by atoms with Gasteiger partial charge in [0, 0.05) is 43.4 Å². The lowest BCUT2D eigenvalue weighted by molar-refractivity contribution is 0.0219. The van der Waals surface area contributed by atoms with Gasteiger partial charge in [0.05, 0.1) is 17.6 Å². The first kappa shape index (κ1) is 27.6. The van der Waals surface area contributed by atoms with Gasteiger partial charge in [-0.25, -0.2) is 17.2 Å². The second-order valence-corrected chi connectivity index (χ2v) is 10.6. The first-order valence-electron chi connectivity index (χ1n) is 10.5. The predicted octanol–water partition coefficient (Wildman–Crippen LogP) is 3.77. The Morgan fingerprint density at radius 2 is 1.73 bits per heavy atom. The van der Waals surface area contributed by atoms with Crippen LogP contribution in [0.1, 0.15) is 19.4 Å². The molecule has 3 atom stereocenters. The van der Waals surface area contributed by atoms with Crippen LogP contribution in [0.15, 0.2) is 47.4 Å². The highest BCUT2D eigenvalue weighted by molar-refractivity contribution is 7.89. The van der Waals surface area contributed by atoms with Crippen LogP contribution in [-0.2, 0) is 21.3 Å². The van der Waals surface area contributed by atoms with Crippen molar-refractivity contribution in [3.8, 4) is 0 Å². The number of ether oxygens (including phenoxy) is 1. The van der Waals surface area contributed by atoms with E-state index in [2.05, 4.69) is 0 Å². The van der Waals surface area contributed by atoms with Crippen molar-refractivity contribution in [1.82, 2.24) is 9.21 Å². The van der Waals surface area contributed by atoms with Crippen LogP contribution >= 0.6 is 11.6 Å². The van der Waals surface area contributed by atoms with Crippen LogP contribution in [0.2, 0.25) is 5.02 Å². The monoisotopic (exact) mass is 504 g/mol. The third kappa shape index (κ3) is 7.43. The molecule has 2 rings (SSSR count). The standard InChI is InChI=1S/C23H31ClF2N2O4S/c1-16(23(32-4)14-27(3)13-18-11-20(25)7-10-22(18)26)12-28(17(2)15-29)33(30,31)21-8-5-19(24)6-9-21/h5-11,16-17,23,29H,12-15H2,1-4H3/t16-,17-,23-/m1/s1. The molecule has 0 aliphatic heterocycles. The number of rotatable bonds is 12. The quantitative estimate of drug-likeness (QED) is 0.476. The summed E-state index contributed by atoms with van der Waals surface area (Å²) in [5.74, 6) is -1.29. The van der Waals surface area contributed by atoms with Gasteiger partial charge in [-0.1, -0.05) is 18.5 Å². The Morgan fingerprint density at radius 3 is 2.30 bits per heavy atom. The van der Waals surface area contributed by atoms with Gasteiger partial charge in [-0.15, -0.1) is 0 Å². The maximum atomic E-state index is 14.0. The van der Waals surface area contributed by atoms with E-state index in [9.17, 15) is 22.3 Å². The molecule has 2 aromatic carbocycles. The molecule has 0 unspecified atom stereocenters. The van der Waals surface area contributed by atoms with Crippen LogP contribution in [0.5, 0.6) is 0 Å². The molecule has 6 nitrogen and oxygen atoms in total. The number of likely N-dealkylation sites (N-methyl/N-ethyl adjacent to an activating group) is 1. The lowest BCUT2D eigenvalue weighted by Crippen LogP contribution is -2.46. The fourth-order valence-corrected chi connectivity index (χ4v) is 5.41. The van der Waals surface area contributed by atoms with Gasteiger partial charge in [0.25, 0.3) is 0 Å². The van der Waals surface area contributed by atoms with Gasteiger partial charge in [0.15, 0.2) is 0 Å². The molecular formula is C23H31ClF2N2O4S. The van der Waals surface area contributed by atoms with Gasteiger partial charge < -0.3 is 9.84 Å². The van der Waals surface area contributed by atoms with Crippen LogP contribution in [0, 0.1) is 17.6 Å². The Balaban J connectivity index is 2.16. The summed E-state index contributed by atoms with van der Waals surface area (Å²) in [7, 11) is -0.628. The fraction of sp³-hybridized carbons (Fsp3) is 0.478. The summed E-state index contributed by atoms with van der Waals surface area (Å²) in [6.07, 6.45) is -0.402. The topological polar surface area (TPSA) is 70.1 Å². The van der Waals surface area contributed by atoms with Crippen molar-refractivity contribution in [3.63, 3.8) is 0 Å². The van der Waals surface area contributed by atoms with Gasteiger partial charge in [-0.05, 0) is 62.4 Å². The van der Waals surface area contributed by atoms with E-state index in [1.165, 1.54) is 35.7 Å². The average Bonchev–Trinajstić information content (AvgIpc) is 2.77. The number of sulfonamides is 1. The summed E-state index contributed by atoms with van der Waals surface area (Å²) in [6.45, 7) is 3.73. The minimum absolute atomic E-state index is 0.0760. The van der Waals surface area contributed by atoms with Crippen molar-refractivity contribution in [3.05, 3.63) is 64.7 Å². The molecule has 0 spiro atoms. The lowest BCUT2D eigenvalue weighted by atomic mass is 10.0. The van der Waals surface area contributed by atoms with E-state index in [1.54, 1.807) is 18.9 Å².